The van der Waals surface area contributed by atoms with Crippen LogP contribution >= 0.6 is 0 Å². The molecule has 1 aromatic rings. The van der Waals surface area contributed by atoms with Gasteiger partial charge in [0, 0.05) is 12.6 Å². The summed E-state index contributed by atoms with van der Waals surface area (Å²) in [6.07, 6.45) is 1.91. The number of carbonyl (C=O) groups is 1. The van der Waals surface area contributed by atoms with Crippen LogP contribution in [0, 0.1) is 0 Å². The van der Waals surface area contributed by atoms with Gasteiger partial charge in [-0.1, -0.05) is 30.3 Å². The monoisotopic (exact) mass is 234 g/mol. The van der Waals surface area contributed by atoms with Gasteiger partial charge in [0.2, 0.25) is 5.91 Å². The lowest BCUT2D eigenvalue weighted by molar-refractivity contribution is -0.130. The molecule has 2 rings (SSSR count). The largest absolute Gasteiger partial charge is 0.368 e. The third-order valence-electron chi connectivity index (χ3n) is 2.91. The molecule has 4 nitrogen and oxygen atoms in total. The van der Waals surface area contributed by atoms with Gasteiger partial charge in [-0.15, -0.1) is 0 Å². The van der Waals surface area contributed by atoms with Gasteiger partial charge in [-0.05, 0) is 18.4 Å². The highest BCUT2D eigenvalue weighted by Crippen LogP contribution is 2.20. The van der Waals surface area contributed by atoms with Crippen molar-refractivity contribution in [3.63, 3.8) is 0 Å². The molecule has 0 heterocycles. The molecule has 92 valence electrons. The van der Waals surface area contributed by atoms with Crippen LogP contribution in [0.5, 0.6) is 0 Å². The molecule has 1 fully saturated rings. The molecule has 1 aromatic carbocycles. The van der Waals surface area contributed by atoms with E-state index in [0.717, 1.165) is 18.4 Å². The fourth-order valence-electron chi connectivity index (χ4n) is 1.78. The zero-order valence-electron chi connectivity index (χ0n) is 9.76. The average Bonchev–Trinajstić information content (AvgIpc) is 2.32. The Bertz CT molecular complexity index is 361. The summed E-state index contributed by atoms with van der Waals surface area (Å²) in [4.78, 5) is 11.5. The Balaban J connectivity index is 1.61. The molecular formula is C13H18N2O2. The van der Waals surface area contributed by atoms with Crippen LogP contribution < -0.4 is 11.1 Å². The van der Waals surface area contributed by atoms with E-state index >= 15 is 0 Å². The molecule has 0 aromatic heterocycles. The smallest absolute Gasteiger partial charge is 0.246 e. The van der Waals surface area contributed by atoms with Gasteiger partial charge < -0.3 is 15.8 Å². The van der Waals surface area contributed by atoms with E-state index < -0.39 is 0 Å². The molecule has 1 aliphatic rings. The van der Waals surface area contributed by atoms with Crippen LogP contribution in [0.1, 0.15) is 18.4 Å². The minimum Gasteiger partial charge on any atom is -0.368 e. The van der Waals surface area contributed by atoms with Gasteiger partial charge in [0.15, 0.2) is 0 Å². The molecule has 17 heavy (non-hydrogen) atoms. The van der Waals surface area contributed by atoms with E-state index in [1.165, 1.54) is 0 Å². The highest BCUT2D eigenvalue weighted by atomic mass is 16.5. The molecule has 1 saturated carbocycles. The number of ether oxygens (including phenoxy) is 1. The maximum Gasteiger partial charge on any atom is 0.246 e. The standard InChI is InChI=1S/C13H18N2O2/c14-11-6-12(7-11)17-9-13(16)15-8-10-4-2-1-3-5-10/h1-5,11-12H,6-9,14H2,(H,15,16). The number of carbonyl (C=O) groups excluding carboxylic acids is 1. The van der Waals surface area contributed by atoms with E-state index in [1.807, 2.05) is 30.3 Å². The third kappa shape index (κ3) is 3.84. The minimum atomic E-state index is -0.0747. The second kappa shape index (κ2) is 5.80. The van der Waals surface area contributed by atoms with E-state index in [9.17, 15) is 4.79 Å². The first-order chi connectivity index (χ1) is 8.24. The van der Waals surface area contributed by atoms with Crippen LogP contribution in [-0.4, -0.2) is 24.7 Å². The molecule has 0 radical (unpaired) electrons. The summed E-state index contributed by atoms with van der Waals surface area (Å²) >= 11 is 0. The molecule has 0 bridgehead atoms. The Morgan fingerprint density at radius 2 is 2.06 bits per heavy atom. The fraction of sp³-hybridized carbons (Fsp3) is 0.462. The van der Waals surface area contributed by atoms with Crippen LogP contribution in [0.3, 0.4) is 0 Å². The second-order valence-electron chi connectivity index (χ2n) is 4.43. The van der Waals surface area contributed by atoms with Crippen molar-refractivity contribution in [1.29, 1.82) is 0 Å². The van der Waals surface area contributed by atoms with Gasteiger partial charge in [0.25, 0.3) is 0 Å². The zero-order valence-corrected chi connectivity index (χ0v) is 9.76. The third-order valence-corrected chi connectivity index (χ3v) is 2.91. The van der Waals surface area contributed by atoms with Crippen molar-refractivity contribution in [3.05, 3.63) is 35.9 Å². The number of hydrogen-bond acceptors (Lipinski definition) is 3. The minimum absolute atomic E-state index is 0.0747. The molecule has 0 aliphatic heterocycles. The Kier molecular flexibility index (Phi) is 4.12. The van der Waals surface area contributed by atoms with Crippen LogP contribution in [0.2, 0.25) is 0 Å². The SMILES string of the molecule is NC1CC(OCC(=O)NCc2ccccc2)C1. The van der Waals surface area contributed by atoms with Crippen molar-refractivity contribution in [1.82, 2.24) is 5.32 Å². The zero-order chi connectivity index (χ0) is 12.1. The molecule has 0 atom stereocenters. The predicted molar refractivity (Wildman–Crippen MR) is 65.2 cm³/mol. The van der Waals surface area contributed by atoms with E-state index in [-0.39, 0.29) is 24.7 Å². The Hall–Kier alpha value is -1.39. The highest BCUT2D eigenvalue weighted by molar-refractivity contribution is 5.77. The molecule has 0 saturated heterocycles. The number of benzene rings is 1. The van der Waals surface area contributed by atoms with Gasteiger partial charge in [0.1, 0.15) is 6.61 Å². The van der Waals surface area contributed by atoms with Crippen molar-refractivity contribution in [3.8, 4) is 0 Å². The molecule has 1 aliphatic carbocycles. The van der Waals surface area contributed by atoms with E-state index in [1.54, 1.807) is 0 Å². The van der Waals surface area contributed by atoms with Crippen molar-refractivity contribution >= 4 is 5.91 Å². The van der Waals surface area contributed by atoms with E-state index in [2.05, 4.69) is 5.32 Å². The average molecular weight is 234 g/mol. The number of nitrogens with one attached hydrogen (secondary N) is 1. The van der Waals surface area contributed by atoms with Gasteiger partial charge in [0.05, 0.1) is 6.10 Å². The summed E-state index contributed by atoms with van der Waals surface area (Å²) in [6.45, 7) is 0.678. The van der Waals surface area contributed by atoms with Gasteiger partial charge in [-0.2, -0.15) is 0 Å². The number of amides is 1. The van der Waals surface area contributed by atoms with E-state index in [0.29, 0.717) is 6.54 Å². The summed E-state index contributed by atoms with van der Waals surface area (Å²) in [6, 6.07) is 10.1. The lowest BCUT2D eigenvalue weighted by Crippen LogP contribution is -2.43. The maximum atomic E-state index is 11.5. The molecule has 0 unspecified atom stereocenters. The molecule has 0 spiro atoms. The second-order valence-corrected chi connectivity index (χ2v) is 4.43. The van der Waals surface area contributed by atoms with Gasteiger partial charge >= 0.3 is 0 Å². The normalized spacial score (nSPS) is 22.9. The summed E-state index contributed by atoms with van der Waals surface area (Å²) < 4.78 is 5.41. The summed E-state index contributed by atoms with van der Waals surface area (Å²) in [5, 5.41) is 2.82. The topological polar surface area (TPSA) is 64.3 Å². The first-order valence-corrected chi connectivity index (χ1v) is 5.92. The van der Waals surface area contributed by atoms with Crippen LogP contribution in [0.4, 0.5) is 0 Å². The summed E-state index contributed by atoms with van der Waals surface area (Å²) in [5.41, 5.74) is 6.72. The number of hydrogen-bond donors (Lipinski definition) is 2. The molecule has 1 amide bonds. The summed E-state index contributed by atoms with van der Waals surface area (Å²) in [5.74, 6) is -0.0747. The quantitative estimate of drug-likeness (QED) is 0.792. The van der Waals surface area contributed by atoms with Gasteiger partial charge in [-0.3, -0.25) is 4.79 Å². The first kappa shape index (κ1) is 12.1. The van der Waals surface area contributed by atoms with Crippen LogP contribution in [0.15, 0.2) is 30.3 Å². The van der Waals surface area contributed by atoms with E-state index in [4.69, 9.17) is 10.5 Å². The van der Waals surface area contributed by atoms with Crippen molar-refractivity contribution in [2.24, 2.45) is 5.73 Å². The molecule has 3 N–H and O–H groups in total. The van der Waals surface area contributed by atoms with Crippen molar-refractivity contribution < 1.29 is 9.53 Å². The molecule has 4 heteroatoms. The lowest BCUT2D eigenvalue weighted by Gasteiger charge is -2.31. The Morgan fingerprint density at radius 3 is 2.71 bits per heavy atom. The van der Waals surface area contributed by atoms with Gasteiger partial charge in [-0.25, -0.2) is 0 Å². The van der Waals surface area contributed by atoms with Crippen LogP contribution in [-0.2, 0) is 16.1 Å². The van der Waals surface area contributed by atoms with Crippen LogP contribution in [0.25, 0.3) is 0 Å². The maximum absolute atomic E-state index is 11.5. The highest BCUT2D eigenvalue weighted by Gasteiger charge is 2.26. The van der Waals surface area contributed by atoms with Crippen molar-refractivity contribution in [2.45, 2.75) is 31.5 Å². The van der Waals surface area contributed by atoms with Crippen molar-refractivity contribution in [2.75, 3.05) is 6.61 Å². The fourth-order valence-corrected chi connectivity index (χ4v) is 1.78. The Labute approximate surface area is 101 Å². The molecular weight excluding hydrogens is 216 g/mol. The Morgan fingerprint density at radius 1 is 1.35 bits per heavy atom. The number of nitrogens with two attached hydrogens (primary N) is 1. The summed E-state index contributed by atoms with van der Waals surface area (Å²) in [7, 11) is 0. The predicted octanol–water partition coefficient (Wildman–Crippen LogP) is 0.809. The first-order valence-electron chi connectivity index (χ1n) is 5.92. The number of rotatable bonds is 5. The lowest BCUT2D eigenvalue weighted by atomic mass is 9.90.